The zero-order valence-corrected chi connectivity index (χ0v) is 13.2. The van der Waals surface area contributed by atoms with E-state index in [2.05, 4.69) is 41.2 Å². The van der Waals surface area contributed by atoms with E-state index in [0.717, 1.165) is 30.2 Å². The molecule has 0 aliphatic carbocycles. The number of anilines is 3. The Hall–Kier alpha value is -2.14. The standard InChI is InChI=1S/C16H20N4S/c1-3-20(4-2)14-7-5-13(6-8-14)19-15-11-12(16(17)21)9-10-18-15/h5-11H,3-4H2,1-2H3,(H2,17,21)(H,18,19). The first kappa shape index (κ1) is 15.3. The molecule has 1 heterocycles. The first-order chi connectivity index (χ1) is 10.1. The molecule has 0 spiro atoms. The summed E-state index contributed by atoms with van der Waals surface area (Å²) in [6, 6.07) is 11.9. The number of hydrogen-bond donors (Lipinski definition) is 2. The highest BCUT2D eigenvalue weighted by Gasteiger charge is 2.03. The maximum absolute atomic E-state index is 5.63. The van der Waals surface area contributed by atoms with E-state index in [4.69, 9.17) is 18.0 Å². The summed E-state index contributed by atoms with van der Waals surface area (Å²) in [6.45, 7) is 6.31. The van der Waals surface area contributed by atoms with Crippen molar-refractivity contribution in [3.63, 3.8) is 0 Å². The van der Waals surface area contributed by atoms with Gasteiger partial charge >= 0.3 is 0 Å². The van der Waals surface area contributed by atoms with Crippen molar-refractivity contribution in [3.8, 4) is 0 Å². The van der Waals surface area contributed by atoms with Gasteiger partial charge in [-0.25, -0.2) is 4.98 Å². The van der Waals surface area contributed by atoms with Gasteiger partial charge in [-0.1, -0.05) is 12.2 Å². The molecule has 4 nitrogen and oxygen atoms in total. The highest BCUT2D eigenvalue weighted by molar-refractivity contribution is 7.80. The Morgan fingerprint density at radius 1 is 1.19 bits per heavy atom. The van der Waals surface area contributed by atoms with Gasteiger partial charge in [0.05, 0.1) is 0 Å². The topological polar surface area (TPSA) is 54.2 Å². The molecule has 0 fully saturated rings. The maximum atomic E-state index is 5.63. The quantitative estimate of drug-likeness (QED) is 0.802. The van der Waals surface area contributed by atoms with Crippen molar-refractivity contribution in [3.05, 3.63) is 48.2 Å². The highest BCUT2D eigenvalue weighted by atomic mass is 32.1. The fraction of sp³-hybridized carbons (Fsp3) is 0.250. The van der Waals surface area contributed by atoms with Crippen molar-refractivity contribution in [1.29, 1.82) is 0 Å². The number of rotatable bonds is 6. The third-order valence-electron chi connectivity index (χ3n) is 3.31. The van der Waals surface area contributed by atoms with E-state index in [9.17, 15) is 0 Å². The predicted molar refractivity (Wildman–Crippen MR) is 93.4 cm³/mol. The second-order valence-electron chi connectivity index (χ2n) is 4.64. The fourth-order valence-corrected chi connectivity index (χ4v) is 2.27. The Bertz CT molecular complexity index is 606. The van der Waals surface area contributed by atoms with E-state index in [0.29, 0.717) is 4.99 Å². The Balaban J connectivity index is 2.13. The van der Waals surface area contributed by atoms with Gasteiger partial charge < -0.3 is 16.0 Å². The van der Waals surface area contributed by atoms with Gasteiger partial charge in [0.25, 0.3) is 0 Å². The van der Waals surface area contributed by atoms with E-state index >= 15 is 0 Å². The number of aromatic nitrogens is 1. The minimum absolute atomic E-state index is 0.373. The van der Waals surface area contributed by atoms with E-state index in [1.165, 1.54) is 5.69 Å². The van der Waals surface area contributed by atoms with Crippen LogP contribution in [0.1, 0.15) is 19.4 Å². The normalized spacial score (nSPS) is 10.2. The van der Waals surface area contributed by atoms with Crippen molar-refractivity contribution in [2.75, 3.05) is 23.3 Å². The molecule has 0 amide bonds. The van der Waals surface area contributed by atoms with Crippen molar-refractivity contribution in [2.45, 2.75) is 13.8 Å². The van der Waals surface area contributed by atoms with Gasteiger partial charge in [-0.2, -0.15) is 0 Å². The van der Waals surface area contributed by atoms with Crippen LogP contribution in [0.3, 0.4) is 0 Å². The summed E-state index contributed by atoms with van der Waals surface area (Å²) in [6.07, 6.45) is 1.70. The van der Waals surface area contributed by atoms with Gasteiger partial charge in [0.15, 0.2) is 0 Å². The molecule has 5 heteroatoms. The van der Waals surface area contributed by atoms with Crippen LogP contribution in [-0.4, -0.2) is 23.1 Å². The number of nitrogens with one attached hydrogen (secondary N) is 1. The second-order valence-corrected chi connectivity index (χ2v) is 5.08. The van der Waals surface area contributed by atoms with Gasteiger partial charge in [-0.3, -0.25) is 0 Å². The summed E-state index contributed by atoms with van der Waals surface area (Å²) >= 11 is 4.98. The van der Waals surface area contributed by atoms with E-state index in [-0.39, 0.29) is 0 Å². The molecule has 0 aliphatic heterocycles. The number of thiocarbonyl (C=S) groups is 1. The number of pyridine rings is 1. The predicted octanol–water partition coefficient (Wildman–Crippen LogP) is 3.31. The van der Waals surface area contributed by atoms with Crippen LogP contribution in [0.2, 0.25) is 0 Å². The number of nitrogens with zero attached hydrogens (tertiary/aromatic N) is 2. The lowest BCUT2D eigenvalue weighted by atomic mass is 10.2. The van der Waals surface area contributed by atoms with Crippen molar-refractivity contribution in [2.24, 2.45) is 5.73 Å². The van der Waals surface area contributed by atoms with Gasteiger partial charge in [0.1, 0.15) is 10.8 Å². The molecular formula is C16H20N4S. The summed E-state index contributed by atoms with van der Waals surface area (Å²) in [7, 11) is 0. The van der Waals surface area contributed by atoms with Gasteiger partial charge in [-0.05, 0) is 50.2 Å². The van der Waals surface area contributed by atoms with E-state index < -0.39 is 0 Å². The largest absolute Gasteiger partial charge is 0.389 e. The summed E-state index contributed by atoms with van der Waals surface area (Å²) in [5.74, 6) is 0.732. The average Bonchev–Trinajstić information content (AvgIpc) is 2.50. The molecule has 2 aromatic rings. The summed E-state index contributed by atoms with van der Waals surface area (Å²) < 4.78 is 0. The number of nitrogens with two attached hydrogens (primary N) is 1. The minimum Gasteiger partial charge on any atom is -0.389 e. The molecule has 0 aliphatic rings. The van der Waals surface area contributed by atoms with Gasteiger partial charge in [-0.15, -0.1) is 0 Å². The highest BCUT2D eigenvalue weighted by Crippen LogP contribution is 2.20. The first-order valence-electron chi connectivity index (χ1n) is 7.02. The van der Waals surface area contributed by atoms with Crippen molar-refractivity contribution >= 4 is 34.4 Å². The molecule has 0 unspecified atom stereocenters. The smallest absolute Gasteiger partial charge is 0.130 e. The molecule has 3 N–H and O–H groups in total. The SMILES string of the molecule is CCN(CC)c1ccc(Nc2cc(C(N)=S)ccn2)cc1. The number of hydrogen-bond acceptors (Lipinski definition) is 4. The van der Waals surface area contributed by atoms with Crippen LogP contribution >= 0.6 is 12.2 Å². The van der Waals surface area contributed by atoms with Crippen molar-refractivity contribution in [1.82, 2.24) is 4.98 Å². The van der Waals surface area contributed by atoms with Crippen LogP contribution in [0, 0.1) is 0 Å². The van der Waals surface area contributed by atoms with Crippen LogP contribution in [0.5, 0.6) is 0 Å². The van der Waals surface area contributed by atoms with E-state index in [1.54, 1.807) is 12.3 Å². The average molecular weight is 300 g/mol. The Kier molecular flexibility index (Phi) is 5.11. The molecule has 1 aromatic carbocycles. The van der Waals surface area contributed by atoms with Gasteiger partial charge in [0.2, 0.25) is 0 Å². The molecule has 1 aromatic heterocycles. The van der Waals surface area contributed by atoms with Crippen LogP contribution in [0.25, 0.3) is 0 Å². The van der Waals surface area contributed by atoms with Crippen LogP contribution in [0.15, 0.2) is 42.6 Å². The Morgan fingerprint density at radius 2 is 1.86 bits per heavy atom. The molecule has 0 saturated heterocycles. The molecule has 0 bridgehead atoms. The lowest BCUT2D eigenvalue weighted by Gasteiger charge is -2.21. The lowest BCUT2D eigenvalue weighted by molar-refractivity contribution is 0.866. The van der Waals surface area contributed by atoms with Crippen LogP contribution < -0.4 is 16.0 Å². The fourth-order valence-electron chi connectivity index (χ4n) is 2.14. The second kappa shape index (κ2) is 7.04. The Labute approximate surface area is 131 Å². The summed E-state index contributed by atoms with van der Waals surface area (Å²) in [4.78, 5) is 6.94. The minimum atomic E-state index is 0.373. The third-order valence-corrected chi connectivity index (χ3v) is 3.55. The molecule has 21 heavy (non-hydrogen) atoms. The lowest BCUT2D eigenvalue weighted by Crippen LogP contribution is -2.21. The molecule has 2 rings (SSSR count). The summed E-state index contributed by atoms with van der Waals surface area (Å²) in [5, 5.41) is 3.26. The van der Waals surface area contributed by atoms with Crippen LogP contribution in [-0.2, 0) is 0 Å². The molecular weight excluding hydrogens is 280 g/mol. The molecule has 0 radical (unpaired) electrons. The Morgan fingerprint density at radius 3 is 2.43 bits per heavy atom. The van der Waals surface area contributed by atoms with Gasteiger partial charge in [0, 0.05) is 36.2 Å². The maximum Gasteiger partial charge on any atom is 0.130 e. The molecule has 0 atom stereocenters. The van der Waals surface area contributed by atoms with Crippen molar-refractivity contribution < 1.29 is 0 Å². The zero-order chi connectivity index (χ0) is 15.2. The summed E-state index contributed by atoms with van der Waals surface area (Å²) in [5.41, 5.74) is 8.64. The third kappa shape index (κ3) is 3.92. The zero-order valence-electron chi connectivity index (χ0n) is 12.3. The van der Waals surface area contributed by atoms with E-state index in [1.807, 2.05) is 18.2 Å². The number of benzene rings is 1. The molecule has 110 valence electrons. The monoisotopic (exact) mass is 300 g/mol. The molecule has 0 saturated carbocycles. The van der Waals surface area contributed by atoms with Crippen LogP contribution in [0.4, 0.5) is 17.2 Å². The first-order valence-corrected chi connectivity index (χ1v) is 7.42.